The first-order valence-electron chi connectivity index (χ1n) is 9.55. The van der Waals surface area contributed by atoms with E-state index in [4.69, 9.17) is 9.47 Å². The molecule has 0 unspecified atom stereocenters. The van der Waals surface area contributed by atoms with Gasteiger partial charge in [-0.05, 0) is 38.5 Å². The third-order valence-corrected chi connectivity index (χ3v) is 5.47. The maximum atomic E-state index is 13.1. The molecule has 30 heavy (non-hydrogen) atoms. The zero-order valence-electron chi connectivity index (χ0n) is 17.2. The third kappa shape index (κ3) is 3.14. The fourth-order valence-electron chi connectivity index (χ4n) is 3.67. The molecule has 1 atom stereocenters. The first-order valence-corrected chi connectivity index (χ1v) is 9.55. The molecule has 3 heterocycles. The number of carbonyl (C=O) groups excluding carboxylic acids is 3. The second-order valence-electron chi connectivity index (χ2n) is 7.52. The Labute approximate surface area is 173 Å². The summed E-state index contributed by atoms with van der Waals surface area (Å²) in [4.78, 5) is 39.1. The van der Waals surface area contributed by atoms with Crippen molar-refractivity contribution in [2.24, 2.45) is 7.05 Å². The molecule has 10 nitrogen and oxygen atoms in total. The first kappa shape index (κ1) is 19.7. The van der Waals surface area contributed by atoms with Gasteiger partial charge in [0.05, 0.1) is 17.1 Å². The highest BCUT2D eigenvalue weighted by Crippen LogP contribution is 2.36. The number of aryl methyl sites for hydroxylation is 2. The van der Waals surface area contributed by atoms with Gasteiger partial charge >= 0.3 is 6.03 Å². The summed E-state index contributed by atoms with van der Waals surface area (Å²) in [6.07, 6.45) is 0. The van der Waals surface area contributed by atoms with E-state index >= 15 is 0 Å². The van der Waals surface area contributed by atoms with Gasteiger partial charge < -0.3 is 20.1 Å². The molecule has 0 saturated carbocycles. The van der Waals surface area contributed by atoms with Crippen molar-refractivity contribution in [1.29, 1.82) is 0 Å². The molecule has 0 spiro atoms. The summed E-state index contributed by atoms with van der Waals surface area (Å²) in [6, 6.07) is 4.46. The Hall–Kier alpha value is -3.56. The number of carbonyl (C=O) groups is 3. The van der Waals surface area contributed by atoms with E-state index < -0.39 is 29.9 Å². The highest BCUT2D eigenvalue weighted by Gasteiger charge is 2.49. The lowest BCUT2D eigenvalue weighted by molar-refractivity contribution is -0.133. The largest absolute Gasteiger partial charge is 0.486 e. The molecule has 1 aromatic carbocycles. The summed E-state index contributed by atoms with van der Waals surface area (Å²) in [7, 11) is 1.77. The third-order valence-electron chi connectivity index (χ3n) is 5.47. The van der Waals surface area contributed by atoms with Crippen LogP contribution in [0.25, 0.3) is 0 Å². The van der Waals surface area contributed by atoms with Crippen LogP contribution in [-0.4, -0.2) is 52.3 Å². The van der Waals surface area contributed by atoms with Gasteiger partial charge in [0.1, 0.15) is 25.3 Å². The molecule has 2 aromatic rings. The molecule has 4 amide bonds. The lowest BCUT2D eigenvalue weighted by Crippen LogP contribution is -2.42. The van der Waals surface area contributed by atoms with Gasteiger partial charge in [0.15, 0.2) is 11.5 Å². The van der Waals surface area contributed by atoms with Crippen LogP contribution in [0.15, 0.2) is 18.2 Å². The maximum Gasteiger partial charge on any atom is 0.325 e. The van der Waals surface area contributed by atoms with Crippen molar-refractivity contribution in [2.45, 2.75) is 26.3 Å². The molecule has 1 aromatic heterocycles. The Morgan fingerprint density at radius 3 is 2.60 bits per heavy atom. The van der Waals surface area contributed by atoms with Crippen LogP contribution in [0.4, 0.5) is 10.5 Å². The fraction of sp³-hybridized carbons (Fsp3) is 0.400. The number of fused-ring (bicyclic) bond motifs is 1. The second kappa shape index (κ2) is 7.05. The summed E-state index contributed by atoms with van der Waals surface area (Å²) in [5.74, 6) is 0.104. The average Bonchev–Trinajstić information content (AvgIpc) is 3.09. The molecular formula is C20H23N5O5. The van der Waals surface area contributed by atoms with Crippen LogP contribution in [0, 0.1) is 13.8 Å². The maximum absolute atomic E-state index is 13.1. The van der Waals surface area contributed by atoms with Crippen LogP contribution < -0.4 is 20.1 Å². The van der Waals surface area contributed by atoms with E-state index in [2.05, 4.69) is 15.7 Å². The van der Waals surface area contributed by atoms with E-state index in [1.807, 2.05) is 6.92 Å². The number of amides is 4. The Morgan fingerprint density at radius 1 is 1.23 bits per heavy atom. The van der Waals surface area contributed by atoms with Crippen molar-refractivity contribution < 1.29 is 23.9 Å². The Morgan fingerprint density at radius 2 is 1.93 bits per heavy atom. The standard InChI is InChI=1S/C20H23N5O5/c1-11-17(12(2)24(4)23-11)21-16(26)10-25-18(27)20(3,22-19(25)28)13-5-6-14-15(9-13)30-8-7-29-14/h5-6,9H,7-8,10H2,1-4H3,(H,21,26)(H,22,28)/t20-/m0/s1. The second-order valence-corrected chi connectivity index (χ2v) is 7.52. The summed E-state index contributed by atoms with van der Waals surface area (Å²) in [5, 5.41) is 9.68. The molecule has 1 fully saturated rings. The van der Waals surface area contributed by atoms with Gasteiger partial charge in [-0.1, -0.05) is 6.07 Å². The monoisotopic (exact) mass is 413 g/mol. The van der Waals surface area contributed by atoms with E-state index in [0.717, 1.165) is 10.6 Å². The predicted octanol–water partition coefficient (Wildman–Crippen LogP) is 1.21. The van der Waals surface area contributed by atoms with Crippen LogP contribution in [0.3, 0.4) is 0 Å². The number of rotatable bonds is 4. The van der Waals surface area contributed by atoms with Crippen molar-refractivity contribution in [1.82, 2.24) is 20.0 Å². The first-order chi connectivity index (χ1) is 14.2. The zero-order chi connectivity index (χ0) is 21.6. The molecule has 2 aliphatic heterocycles. The Kier molecular flexibility index (Phi) is 4.64. The predicted molar refractivity (Wildman–Crippen MR) is 106 cm³/mol. The Balaban J connectivity index is 1.53. The van der Waals surface area contributed by atoms with Gasteiger partial charge in [-0.3, -0.25) is 19.2 Å². The van der Waals surface area contributed by atoms with Crippen molar-refractivity contribution in [2.75, 3.05) is 25.1 Å². The number of urea groups is 1. The van der Waals surface area contributed by atoms with E-state index in [1.165, 1.54) is 0 Å². The molecule has 2 N–H and O–H groups in total. The molecule has 4 rings (SSSR count). The fourth-order valence-corrected chi connectivity index (χ4v) is 3.67. The molecule has 2 aliphatic rings. The quantitative estimate of drug-likeness (QED) is 0.729. The topological polar surface area (TPSA) is 115 Å². The average molecular weight is 413 g/mol. The number of nitrogens with zero attached hydrogens (tertiary/aromatic N) is 3. The highest BCUT2D eigenvalue weighted by atomic mass is 16.6. The molecule has 158 valence electrons. The zero-order valence-corrected chi connectivity index (χ0v) is 17.2. The summed E-state index contributed by atoms with van der Waals surface area (Å²) >= 11 is 0. The normalized spacial score (nSPS) is 20.3. The summed E-state index contributed by atoms with van der Waals surface area (Å²) < 4.78 is 12.7. The van der Waals surface area contributed by atoms with Crippen molar-refractivity contribution in [3.05, 3.63) is 35.2 Å². The van der Waals surface area contributed by atoms with Crippen molar-refractivity contribution in [3.63, 3.8) is 0 Å². The number of benzene rings is 1. The van der Waals surface area contributed by atoms with Gasteiger partial charge in [-0.15, -0.1) is 0 Å². The minimum Gasteiger partial charge on any atom is -0.486 e. The molecule has 10 heteroatoms. The van der Waals surface area contributed by atoms with Gasteiger partial charge in [0.2, 0.25) is 5.91 Å². The minimum atomic E-state index is -1.31. The van der Waals surface area contributed by atoms with Crippen molar-refractivity contribution >= 4 is 23.5 Å². The van der Waals surface area contributed by atoms with E-state index in [0.29, 0.717) is 41.7 Å². The SMILES string of the molecule is Cc1nn(C)c(C)c1NC(=O)CN1C(=O)N[C@@](C)(c2ccc3c(c2)OCCO3)C1=O. The van der Waals surface area contributed by atoms with Crippen LogP contribution >= 0.6 is 0 Å². The number of anilines is 1. The van der Waals surface area contributed by atoms with Crippen LogP contribution in [0.1, 0.15) is 23.9 Å². The van der Waals surface area contributed by atoms with Gasteiger partial charge in [-0.25, -0.2) is 4.79 Å². The number of ether oxygens (including phenoxy) is 2. The number of aromatic nitrogens is 2. The number of imide groups is 1. The number of hydrogen-bond donors (Lipinski definition) is 2. The molecular weight excluding hydrogens is 390 g/mol. The van der Waals surface area contributed by atoms with Crippen molar-refractivity contribution in [3.8, 4) is 11.5 Å². The number of nitrogens with one attached hydrogen (secondary N) is 2. The molecule has 0 radical (unpaired) electrons. The lowest BCUT2D eigenvalue weighted by Gasteiger charge is -2.25. The van der Waals surface area contributed by atoms with E-state index in [1.54, 1.807) is 43.8 Å². The minimum absolute atomic E-state index is 0.404. The number of hydrogen-bond acceptors (Lipinski definition) is 6. The molecule has 0 bridgehead atoms. The smallest absolute Gasteiger partial charge is 0.325 e. The van der Waals surface area contributed by atoms with Crippen LogP contribution in [0.2, 0.25) is 0 Å². The van der Waals surface area contributed by atoms with Gasteiger partial charge in [-0.2, -0.15) is 5.10 Å². The van der Waals surface area contributed by atoms with Gasteiger partial charge in [0, 0.05) is 7.05 Å². The summed E-state index contributed by atoms with van der Waals surface area (Å²) in [6.45, 7) is 5.66. The van der Waals surface area contributed by atoms with Crippen LogP contribution in [0.5, 0.6) is 11.5 Å². The van der Waals surface area contributed by atoms with Crippen LogP contribution in [-0.2, 0) is 22.2 Å². The van der Waals surface area contributed by atoms with E-state index in [9.17, 15) is 14.4 Å². The lowest BCUT2D eigenvalue weighted by atomic mass is 9.91. The Bertz CT molecular complexity index is 1060. The summed E-state index contributed by atoms with van der Waals surface area (Å²) in [5.41, 5.74) is 1.24. The molecule has 1 saturated heterocycles. The highest BCUT2D eigenvalue weighted by molar-refractivity contribution is 6.10. The molecule has 0 aliphatic carbocycles. The van der Waals surface area contributed by atoms with Gasteiger partial charge in [0.25, 0.3) is 5.91 Å². The van der Waals surface area contributed by atoms with E-state index in [-0.39, 0.29) is 0 Å².